The van der Waals surface area contributed by atoms with E-state index in [-0.39, 0.29) is 0 Å². The van der Waals surface area contributed by atoms with Crippen molar-refractivity contribution in [3.05, 3.63) is 0 Å². The molecule has 0 N–H and O–H groups in total. The predicted molar refractivity (Wildman–Crippen MR) is 211 cm³/mol. The van der Waals surface area contributed by atoms with Gasteiger partial charge < -0.3 is 0 Å². The lowest BCUT2D eigenvalue weighted by Crippen LogP contribution is -2.12. The molecule has 0 nitrogen and oxygen atoms in total. The molecule has 0 fully saturated rings. The lowest BCUT2D eigenvalue weighted by atomic mass is 9.82. The smallest absolute Gasteiger partial charge is 0.0391 e. The summed E-state index contributed by atoms with van der Waals surface area (Å²) in [6.45, 7) is 47.3. The molecule has 0 aromatic rings. The fourth-order valence-electron chi connectivity index (χ4n) is 4.96. The molecule has 0 heteroatoms. The van der Waals surface area contributed by atoms with Crippen molar-refractivity contribution in [3.8, 4) is 0 Å². The van der Waals surface area contributed by atoms with Crippen LogP contribution in [-0.4, -0.2) is 0 Å². The highest BCUT2D eigenvalue weighted by Crippen LogP contribution is 2.27. The Hall–Kier alpha value is 0. The van der Waals surface area contributed by atoms with Crippen molar-refractivity contribution in [2.45, 2.75) is 229 Å². The molecule has 0 aromatic carbocycles. The Morgan fingerprint density at radius 2 is 0.814 bits per heavy atom. The van der Waals surface area contributed by atoms with Crippen molar-refractivity contribution in [3.63, 3.8) is 0 Å². The molecule has 0 heterocycles. The first kappa shape index (κ1) is 55.4. The van der Waals surface area contributed by atoms with Gasteiger partial charge in [-0.25, -0.2) is 0 Å². The molecule has 5 atom stereocenters. The molecule has 0 aliphatic carbocycles. The molecular formula is C43H98. The minimum atomic E-state index is 0.865. The molecular weight excluding hydrogens is 516 g/mol. The number of hydrogen-bond acceptors (Lipinski definition) is 0. The van der Waals surface area contributed by atoms with Gasteiger partial charge in [0, 0.05) is 0 Å². The first-order valence-corrected chi connectivity index (χ1v) is 20.2. The van der Waals surface area contributed by atoms with Crippen LogP contribution in [0, 0.1) is 53.3 Å². The maximum Gasteiger partial charge on any atom is -0.0391 e. The van der Waals surface area contributed by atoms with Crippen LogP contribution in [0.1, 0.15) is 229 Å². The van der Waals surface area contributed by atoms with Crippen molar-refractivity contribution < 1.29 is 0 Å². The van der Waals surface area contributed by atoms with Gasteiger partial charge in [-0.15, -0.1) is 0 Å². The largest absolute Gasteiger partial charge is 0.0683 e. The van der Waals surface area contributed by atoms with Gasteiger partial charge in [0.1, 0.15) is 0 Å². The van der Waals surface area contributed by atoms with E-state index in [0.29, 0.717) is 0 Å². The van der Waals surface area contributed by atoms with Crippen molar-refractivity contribution >= 4 is 0 Å². The third-order valence-corrected chi connectivity index (χ3v) is 8.97. The van der Waals surface area contributed by atoms with E-state index in [1.54, 1.807) is 0 Å². The molecule has 0 radical (unpaired) electrons. The zero-order chi connectivity index (χ0) is 35.4. The summed E-state index contributed by atoms with van der Waals surface area (Å²) in [4.78, 5) is 0. The average molecular weight is 615 g/mol. The normalized spacial score (nSPS) is 13.9. The van der Waals surface area contributed by atoms with Crippen LogP contribution in [-0.2, 0) is 0 Å². The first-order chi connectivity index (χ1) is 20.2. The van der Waals surface area contributed by atoms with Gasteiger partial charge in [-0.3, -0.25) is 0 Å². The Balaban J connectivity index is -0.000000109. The summed E-state index contributed by atoms with van der Waals surface area (Å²) in [6.07, 6.45) is 18.0. The molecule has 0 aromatic heterocycles. The van der Waals surface area contributed by atoms with E-state index in [4.69, 9.17) is 0 Å². The fraction of sp³-hybridized carbons (Fsp3) is 1.00. The van der Waals surface area contributed by atoms with E-state index in [9.17, 15) is 0 Å². The van der Waals surface area contributed by atoms with Crippen LogP contribution in [0.5, 0.6) is 0 Å². The average Bonchev–Trinajstić information content (AvgIpc) is 2.97. The molecule has 0 rings (SSSR count). The lowest BCUT2D eigenvalue weighted by molar-refractivity contribution is 0.278. The molecule has 0 saturated carbocycles. The second-order valence-electron chi connectivity index (χ2n) is 14.7. The number of hydrogen-bond donors (Lipinski definition) is 0. The van der Waals surface area contributed by atoms with E-state index in [0.717, 1.165) is 53.3 Å². The minimum Gasteiger partial charge on any atom is -0.0683 e. The Morgan fingerprint density at radius 1 is 0.372 bits per heavy atom. The third kappa shape index (κ3) is 49.1. The third-order valence-electron chi connectivity index (χ3n) is 8.97. The fourth-order valence-corrected chi connectivity index (χ4v) is 4.96. The quantitative estimate of drug-likeness (QED) is 0.144. The highest BCUT2D eigenvalue weighted by molar-refractivity contribution is 4.67. The molecule has 270 valence electrons. The molecule has 0 amide bonds. The van der Waals surface area contributed by atoms with Crippen LogP contribution in [0.2, 0.25) is 0 Å². The van der Waals surface area contributed by atoms with E-state index in [1.165, 1.54) is 83.5 Å². The van der Waals surface area contributed by atoms with Gasteiger partial charge in [-0.05, 0) is 59.7 Å². The lowest BCUT2D eigenvalue weighted by Gasteiger charge is -2.23. The van der Waals surface area contributed by atoms with Crippen molar-refractivity contribution in [1.29, 1.82) is 0 Å². The monoisotopic (exact) mass is 615 g/mol. The van der Waals surface area contributed by atoms with Gasteiger partial charge in [0.2, 0.25) is 0 Å². The summed E-state index contributed by atoms with van der Waals surface area (Å²) in [5.41, 5.74) is 0. The standard InChI is InChI=1S/C14H30.C13H28.C9H20.C3H8.2C2H6/c1-7-12(5)13(6)9-10-14(8-2)11(3)4;1-6-8-13(12(4)5)10-7-9-11(2)3;1-5-9(4)7-6-8(2)3;1-3-2;2*1-2/h11-14H,7-10H2,1-6H3;11-13H,6-10H2,1-5H3;8-9H,5-7H2,1-4H3;3H2,1-2H3;2*1-2H3. The molecule has 5 unspecified atom stereocenters. The second-order valence-corrected chi connectivity index (χ2v) is 14.7. The van der Waals surface area contributed by atoms with E-state index >= 15 is 0 Å². The maximum absolute atomic E-state index is 2.42. The van der Waals surface area contributed by atoms with E-state index < -0.39 is 0 Å². The Labute approximate surface area is 281 Å². The molecule has 0 aliphatic rings. The maximum atomic E-state index is 2.42. The molecule has 0 saturated heterocycles. The van der Waals surface area contributed by atoms with Gasteiger partial charge in [0.15, 0.2) is 0 Å². The minimum absolute atomic E-state index is 0.865. The van der Waals surface area contributed by atoms with Crippen LogP contribution in [0.4, 0.5) is 0 Å². The molecule has 0 aliphatic heterocycles. The van der Waals surface area contributed by atoms with Crippen LogP contribution in [0.3, 0.4) is 0 Å². The summed E-state index contributed by atoms with van der Waals surface area (Å²) in [5, 5.41) is 0. The zero-order valence-electron chi connectivity index (χ0n) is 35.4. The molecule has 0 spiro atoms. The highest BCUT2D eigenvalue weighted by Gasteiger charge is 2.15. The van der Waals surface area contributed by atoms with Crippen molar-refractivity contribution in [1.82, 2.24) is 0 Å². The summed E-state index contributed by atoms with van der Waals surface area (Å²) in [7, 11) is 0. The Kier molecular flexibility index (Phi) is 56.9. The van der Waals surface area contributed by atoms with Gasteiger partial charge >= 0.3 is 0 Å². The van der Waals surface area contributed by atoms with Crippen molar-refractivity contribution in [2.24, 2.45) is 53.3 Å². The Morgan fingerprint density at radius 3 is 1.12 bits per heavy atom. The number of rotatable bonds is 18. The molecule has 0 bridgehead atoms. The zero-order valence-corrected chi connectivity index (χ0v) is 35.4. The SMILES string of the molecule is CC.CC.CCC.CCC(C)C(C)CCC(CC)C(C)C.CCC(C)CCC(C)C.CCCC(CCCC(C)C)C(C)C. The van der Waals surface area contributed by atoms with Gasteiger partial charge in [-0.1, -0.05) is 222 Å². The van der Waals surface area contributed by atoms with E-state index in [2.05, 4.69) is 118 Å². The second kappa shape index (κ2) is 44.1. The Bertz CT molecular complexity index is 418. The summed E-state index contributed by atoms with van der Waals surface area (Å²) < 4.78 is 0. The predicted octanol–water partition coefficient (Wildman–Crippen LogP) is 17.0. The summed E-state index contributed by atoms with van der Waals surface area (Å²) in [5.74, 6) is 8.19. The van der Waals surface area contributed by atoms with Crippen LogP contribution in [0.15, 0.2) is 0 Å². The summed E-state index contributed by atoms with van der Waals surface area (Å²) in [6, 6.07) is 0. The van der Waals surface area contributed by atoms with Gasteiger partial charge in [0.25, 0.3) is 0 Å². The van der Waals surface area contributed by atoms with Crippen molar-refractivity contribution in [2.75, 3.05) is 0 Å². The molecule has 43 heavy (non-hydrogen) atoms. The van der Waals surface area contributed by atoms with Crippen LogP contribution in [0.25, 0.3) is 0 Å². The van der Waals surface area contributed by atoms with E-state index in [1.807, 2.05) is 27.7 Å². The van der Waals surface area contributed by atoms with Gasteiger partial charge in [-0.2, -0.15) is 0 Å². The van der Waals surface area contributed by atoms with Gasteiger partial charge in [0.05, 0.1) is 0 Å². The topological polar surface area (TPSA) is 0 Å². The van der Waals surface area contributed by atoms with Crippen LogP contribution < -0.4 is 0 Å². The first-order valence-electron chi connectivity index (χ1n) is 20.2. The van der Waals surface area contributed by atoms with Crippen LogP contribution >= 0.6 is 0 Å². The highest BCUT2D eigenvalue weighted by atomic mass is 14.2. The summed E-state index contributed by atoms with van der Waals surface area (Å²) >= 11 is 0.